The lowest BCUT2D eigenvalue weighted by molar-refractivity contribution is -0.519. The number of carbonyl (C=O) groups excluding carboxylic acids is 1. The first kappa shape index (κ1) is 19.4. The van der Waals surface area contributed by atoms with Gasteiger partial charge in [-0.2, -0.15) is 4.89 Å². The van der Waals surface area contributed by atoms with Crippen molar-refractivity contribution in [3.8, 4) is 0 Å². The molecular formula is C16H32O4. The summed E-state index contributed by atoms with van der Waals surface area (Å²) in [5.74, 6) is -0.447. The normalized spacial score (nSPS) is 14.2. The Morgan fingerprint density at radius 1 is 1.10 bits per heavy atom. The van der Waals surface area contributed by atoms with Gasteiger partial charge in [0, 0.05) is 0 Å². The fraction of sp³-hybridized carbons (Fsp3) is 0.938. The van der Waals surface area contributed by atoms with Crippen molar-refractivity contribution >= 4 is 5.97 Å². The zero-order valence-electron chi connectivity index (χ0n) is 14.2. The van der Waals surface area contributed by atoms with Crippen LogP contribution in [0.3, 0.4) is 0 Å². The van der Waals surface area contributed by atoms with Gasteiger partial charge in [-0.25, -0.2) is 4.79 Å². The Morgan fingerprint density at radius 3 is 2.15 bits per heavy atom. The average Bonchev–Trinajstić information content (AvgIpc) is 2.26. The molecule has 4 nitrogen and oxygen atoms in total. The van der Waals surface area contributed by atoms with E-state index in [0.29, 0.717) is 0 Å². The molecule has 1 atom stereocenters. The topological polar surface area (TPSA) is 44.8 Å². The summed E-state index contributed by atoms with van der Waals surface area (Å²) in [5, 5.41) is 4.72. The van der Waals surface area contributed by atoms with Crippen molar-refractivity contribution < 1.29 is 19.6 Å². The molecule has 0 amide bonds. The van der Waals surface area contributed by atoms with Crippen LogP contribution in [-0.4, -0.2) is 11.6 Å². The Kier molecular flexibility index (Phi) is 8.36. The predicted molar refractivity (Wildman–Crippen MR) is 79.7 cm³/mol. The Morgan fingerprint density at radius 2 is 1.70 bits per heavy atom. The summed E-state index contributed by atoms with van der Waals surface area (Å²) < 4.78 is 0. The van der Waals surface area contributed by atoms with Gasteiger partial charge < -0.3 is 0 Å². The molecule has 1 unspecified atom stereocenters. The summed E-state index contributed by atoms with van der Waals surface area (Å²) >= 11 is 0. The zero-order chi connectivity index (χ0) is 15.8. The first-order valence-electron chi connectivity index (χ1n) is 7.67. The average molecular weight is 288 g/mol. The molecule has 0 saturated carbocycles. The van der Waals surface area contributed by atoms with Crippen LogP contribution in [0.1, 0.15) is 80.6 Å². The van der Waals surface area contributed by atoms with Crippen molar-refractivity contribution in [2.24, 2.45) is 11.3 Å². The van der Waals surface area contributed by atoms with E-state index in [2.05, 4.69) is 27.7 Å². The number of hydrogen-bond acceptors (Lipinski definition) is 4. The lowest BCUT2D eigenvalue weighted by Gasteiger charge is -2.30. The van der Waals surface area contributed by atoms with Gasteiger partial charge in [0.2, 0.25) is 0 Å². The SMILES string of the molecule is CCCCC(CC)C(=O)OOOC(C)(C)CC(C)(C)C. The maximum Gasteiger partial charge on any atom is 0.348 e. The minimum Gasteiger partial charge on any atom is -0.269 e. The maximum atomic E-state index is 11.8. The van der Waals surface area contributed by atoms with Crippen molar-refractivity contribution in [2.75, 3.05) is 0 Å². The molecule has 0 saturated heterocycles. The van der Waals surface area contributed by atoms with Crippen LogP contribution < -0.4 is 0 Å². The molecular weight excluding hydrogens is 256 g/mol. The second-order valence-electron chi connectivity index (χ2n) is 7.30. The Bertz CT molecular complexity index is 279. The quantitative estimate of drug-likeness (QED) is 0.450. The molecule has 0 heterocycles. The van der Waals surface area contributed by atoms with Crippen LogP contribution in [0.5, 0.6) is 0 Å². The van der Waals surface area contributed by atoms with Crippen LogP contribution in [0, 0.1) is 11.3 Å². The van der Waals surface area contributed by atoms with Crippen molar-refractivity contribution in [1.29, 1.82) is 0 Å². The van der Waals surface area contributed by atoms with Gasteiger partial charge in [-0.3, -0.25) is 4.89 Å². The molecule has 0 spiro atoms. The van der Waals surface area contributed by atoms with E-state index in [-0.39, 0.29) is 17.3 Å². The number of unbranched alkanes of at least 4 members (excludes halogenated alkanes) is 1. The highest BCUT2D eigenvalue weighted by Crippen LogP contribution is 2.29. The second-order valence-corrected chi connectivity index (χ2v) is 7.30. The molecule has 0 aliphatic carbocycles. The molecule has 0 N–H and O–H groups in total. The van der Waals surface area contributed by atoms with Crippen LogP contribution in [0.4, 0.5) is 0 Å². The molecule has 0 rings (SSSR count). The summed E-state index contributed by atoms with van der Waals surface area (Å²) in [6.07, 6.45) is 4.47. The standard InChI is InChI=1S/C16H32O4/c1-8-10-11-13(9-2)14(17)18-20-19-16(6,7)12-15(3,4)5/h13H,8-12H2,1-7H3. The fourth-order valence-electron chi connectivity index (χ4n) is 2.46. The molecule has 4 heteroatoms. The predicted octanol–water partition coefficient (Wildman–Crippen LogP) is 4.82. The minimum atomic E-state index is -0.496. The highest BCUT2D eigenvalue weighted by Gasteiger charge is 2.29. The minimum absolute atomic E-state index is 0.107. The highest BCUT2D eigenvalue weighted by molar-refractivity contribution is 5.71. The Balaban J connectivity index is 4.12. The van der Waals surface area contributed by atoms with Crippen LogP contribution in [0.2, 0.25) is 0 Å². The Hall–Kier alpha value is -0.610. The van der Waals surface area contributed by atoms with Gasteiger partial charge in [0.15, 0.2) is 0 Å². The van der Waals surface area contributed by atoms with E-state index in [9.17, 15) is 4.79 Å². The Labute approximate surface area is 124 Å². The summed E-state index contributed by atoms with van der Waals surface area (Å²) in [6.45, 7) is 14.3. The summed E-state index contributed by atoms with van der Waals surface area (Å²) in [4.78, 5) is 21.8. The third kappa shape index (κ3) is 9.32. The number of carbonyl (C=O) groups is 1. The van der Waals surface area contributed by atoms with Gasteiger partial charge >= 0.3 is 5.97 Å². The molecule has 0 aliphatic heterocycles. The second kappa shape index (κ2) is 8.63. The van der Waals surface area contributed by atoms with Gasteiger partial charge in [-0.15, -0.1) is 0 Å². The van der Waals surface area contributed by atoms with Gasteiger partial charge in [-0.1, -0.05) is 47.5 Å². The van der Waals surface area contributed by atoms with Crippen molar-refractivity contribution in [2.45, 2.75) is 86.2 Å². The fourth-order valence-corrected chi connectivity index (χ4v) is 2.46. The van der Waals surface area contributed by atoms with Gasteiger partial charge in [0.05, 0.1) is 5.92 Å². The van der Waals surface area contributed by atoms with Crippen molar-refractivity contribution in [3.05, 3.63) is 0 Å². The van der Waals surface area contributed by atoms with Crippen LogP contribution in [-0.2, 0) is 19.6 Å². The summed E-state index contributed by atoms with van der Waals surface area (Å²) in [6, 6.07) is 0. The van der Waals surface area contributed by atoms with Crippen LogP contribution >= 0.6 is 0 Å². The molecule has 0 aromatic carbocycles. The maximum absolute atomic E-state index is 11.8. The van der Waals surface area contributed by atoms with Crippen molar-refractivity contribution in [3.63, 3.8) is 0 Å². The molecule has 0 aromatic rings. The highest BCUT2D eigenvalue weighted by atomic mass is 17.5. The monoisotopic (exact) mass is 288 g/mol. The van der Waals surface area contributed by atoms with Crippen molar-refractivity contribution in [1.82, 2.24) is 0 Å². The van der Waals surface area contributed by atoms with E-state index in [1.54, 1.807) is 0 Å². The molecule has 20 heavy (non-hydrogen) atoms. The molecule has 0 aliphatic rings. The summed E-state index contributed by atoms with van der Waals surface area (Å²) in [7, 11) is 0. The van der Waals surface area contributed by atoms with E-state index in [0.717, 1.165) is 32.1 Å². The lowest BCUT2D eigenvalue weighted by atomic mass is 9.84. The van der Waals surface area contributed by atoms with E-state index in [1.807, 2.05) is 20.8 Å². The van der Waals surface area contributed by atoms with Gasteiger partial charge in [0.25, 0.3) is 0 Å². The van der Waals surface area contributed by atoms with Crippen LogP contribution in [0.15, 0.2) is 0 Å². The molecule has 0 aromatic heterocycles. The number of rotatable bonds is 9. The molecule has 0 radical (unpaired) electrons. The van der Waals surface area contributed by atoms with Gasteiger partial charge in [0.1, 0.15) is 5.60 Å². The lowest BCUT2D eigenvalue weighted by Crippen LogP contribution is -2.31. The smallest absolute Gasteiger partial charge is 0.269 e. The number of hydrogen-bond donors (Lipinski definition) is 0. The van der Waals surface area contributed by atoms with E-state index >= 15 is 0 Å². The third-order valence-corrected chi connectivity index (χ3v) is 3.06. The van der Waals surface area contributed by atoms with E-state index in [1.165, 1.54) is 0 Å². The first-order chi connectivity index (χ1) is 9.11. The van der Waals surface area contributed by atoms with E-state index < -0.39 is 5.60 Å². The van der Waals surface area contributed by atoms with E-state index in [4.69, 9.17) is 14.8 Å². The molecule has 0 fully saturated rings. The molecule has 0 bridgehead atoms. The largest absolute Gasteiger partial charge is 0.348 e. The molecule has 120 valence electrons. The zero-order valence-corrected chi connectivity index (χ0v) is 14.2. The van der Waals surface area contributed by atoms with Crippen LogP contribution in [0.25, 0.3) is 0 Å². The van der Waals surface area contributed by atoms with Gasteiger partial charge in [-0.05, 0) is 43.6 Å². The first-order valence-corrected chi connectivity index (χ1v) is 7.67. The third-order valence-electron chi connectivity index (χ3n) is 3.06. The summed E-state index contributed by atoms with van der Waals surface area (Å²) in [5.41, 5.74) is -0.381.